The number of carbonyl (C=O) groups is 1. The number of hydrogen-bond donors (Lipinski definition) is 2. The maximum atomic E-state index is 13.0. The van der Waals surface area contributed by atoms with Crippen molar-refractivity contribution in [1.82, 2.24) is 0 Å². The standard InChI is InChI=1S/C15H14ClFN2O/c1-9-6-10(15(18)20)2-3-11(9)8-19-12-4-5-14(17)13(16)7-12/h2-7,19H,8H2,1H3,(H2,18,20). The topological polar surface area (TPSA) is 55.1 Å². The Labute approximate surface area is 121 Å². The van der Waals surface area contributed by atoms with E-state index in [1.807, 2.05) is 13.0 Å². The zero-order chi connectivity index (χ0) is 14.7. The summed E-state index contributed by atoms with van der Waals surface area (Å²) in [5, 5.41) is 3.23. The molecule has 0 unspecified atom stereocenters. The van der Waals surface area contributed by atoms with Crippen LogP contribution in [0.5, 0.6) is 0 Å². The molecule has 2 aromatic carbocycles. The first kappa shape index (κ1) is 14.3. The van der Waals surface area contributed by atoms with E-state index in [2.05, 4.69) is 5.32 Å². The highest BCUT2D eigenvalue weighted by molar-refractivity contribution is 6.31. The zero-order valence-corrected chi connectivity index (χ0v) is 11.7. The van der Waals surface area contributed by atoms with Crippen LogP contribution in [-0.2, 0) is 6.54 Å². The van der Waals surface area contributed by atoms with Gasteiger partial charge in [-0.3, -0.25) is 4.79 Å². The van der Waals surface area contributed by atoms with E-state index < -0.39 is 11.7 Å². The van der Waals surface area contributed by atoms with Crippen molar-refractivity contribution in [3.05, 3.63) is 63.9 Å². The number of anilines is 1. The molecule has 5 heteroatoms. The molecule has 0 aliphatic carbocycles. The number of nitrogens with two attached hydrogens (primary N) is 1. The van der Waals surface area contributed by atoms with Gasteiger partial charge in [-0.15, -0.1) is 0 Å². The summed E-state index contributed by atoms with van der Waals surface area (Å²) in [7, 11) is 0. The van der Waals surface area contributed by atoms with Crippen LogP contribution >= 0.6 is 11.6 Å². The van der Waals surface area contributed by atoms with Gasteiger partial charge in [0.25, 0.3) is 0 Å². The fraction of sp³-hybridized carbons (Fsp3) is 0.133. The Morgan fingerprint density at radius 2 is 2.05 bits per heavy atom. The molecule has 3 nitrogen and oxygen atoms in total. The van der Waals surface area contributed by atoms with E-state index in [0.717, 1.165) is 16.8 Å². The van der Waals surface area contributed by atoms with E-state index >= 15 is 0 Å². The molecule has 2 rings (SSSR count). The van der Waals surface area contributed by atoms with Gasteiger partial charge in [0.2, 0.25) is 5.91 Å². The summed E-state index contributed by atoms with van der Waals surface area (Å²) >= 11 is 5.72. The molecule has 3 N–H and O–H groups in total. The van der Waals surface area contributed by atoms with Gasteiger partial charge in [-0.2, -0.15) is 0 Å². The minimum Gasteiger partial charge on any atom is -0.381 e. The van der Waals surface area contributed by atoms with Gasteiger partial charge in [0.1, 0.15) is 5.82 Å². The first-order valence-corrected chi connectivity index (χ1v) is 6.43. The molecular weight excluding hydrogens is 279 g/mol. The first-order valence-electron chi connectivity index (χ1n) is 6.05. The molecule has 0 saturated heterocycles. The van der Waals surface area contributed by atoms with E-state index in [4.69, 9.17) is 17.3 Å². The summed E-state index contributed by atoms with van der Waals surface area (Å²) in [4.78, 5) is 11.1. The molecule has 20 heavy (non-hydrogen) atoms. The van der Waals surface area contributed by atoms with Gasteiger partial charge in [0.15, 0.2) is 0 Å². The number of nitrogens with one attached hydrogen (secondary N) is 1. The third kappa shape index (κ3) is 3.27. The van der Waals surface area contributed by atoms with Crippen molar-refractivity contribution in [3.8, 4) is 0 Å². The summed E-state index contributed by atoms with van der Waals surface area (Å²) in [6.07, 6.45) is 0. The van der Waals surface area contributed by atoms with E-state index in [0.29, 0.717) is 12.1 Å². The molecule has 0 aliphatic heterocycles. The predicted molar refractivity (Wildman–Crippen MR) is 78.4 cm³/mol. The van der Waals surface area contributed by atoms with Crippen molar-refractivity contribution in [2.24, 2.45) is 5.73 Å². The van der Waals surface area contributed by atoms with Crippen LogP contribution in [0.4, 0.5) is 10.1 Å². The zero-order valence-electron chi connectivity index (χ0n) is 10.9. The minimum atomic E-state index is -0.446. The highest BCUT2D eigenvalue weighted by Gasteiger charge is 2.05. The lowest BCUT2D eigenvalue weighted by atomic mass is 10.0. The third-order valence-corrected chi connectivity index (χ3v) is 3.32. The van der Waals surface area contributed by atoms with Crippen LogP contribution in [0, 0.1) is 12.7 Å². The second kappa shape index (κ2) is 5.92. The minimum absolute atomic E-state index is 0.0794. The highest BCUT2D eigenvalue weighted by atomic mass is 35.5. The number of carbonyl (C=O) groups excluding carboxylic acids is 1. The molecule has 0 spiro atoms. The lowest BCUT2D eigenvalue weighted by Gasteiger charge is -2.10. The average molecular weight is 293 g/mol. The molecule has 0 atom stereocenters. The van der Waals surface area contributed by atoms with Crippen molar-refractivity contribution in [1.29, 1.82) is 0 Å². The maximum Gasteiger partial charge on any atom is 0.248 e. The Morgan fingerprint density at radius 1 is 1.30 bits per heavy atom. The molecule has 104 valence electrons. The normalized spacial score (nSPS) is 10.3. The Morgan fingerprint density at radius 3 is 2.65 bits per heavy atom. The fourth-order valence-corrected chi connectivity index (χ4v) is 2.03. The molecule has 0 aromatic heterocycles. The van der Waals surface area contributed by atoms with Crippen LogP contribution in [-0.4, -0.2) is 5.91 Å². The molecule has 0 heterocycles. The number of primary amides is 1. The quantitative estimate of drug-likeness (QED) is 0.906. The van der Waals surface area contributed by atoms with E-state index in [1.54, 1.807) is 18.2 Å². The van der Waals surface area contributed by atoms with Gasteiger partial charge in [0, 0.05) is 17.8 Å². The number of halogens is 2. The Hall–Kier alpha value is -2.07. The first-order chi connectivity index (χ1) is 9.47. The smallest absolute Gasteiger partial charge is 0.248 e. The largest absolute Gasteiger partial charge is 0.381 e. The van der Waals surface area contributed by atoms with E-state index in [9.17, 15) is 9.18 Å². The molecule has 1 amide bonds. The van der Waals surface area contributed by atoms with Gasteiger partial charge >= 0.3 is 0 Å². The molecule has 0 aliphatic rings. The molecular formula is C15H14ClFN2O. The van der Waals surface area contributed by atoms with Crippen molar-refractivity contribution in [2.75, 3.05) is 5.32 Å². The Kier molecular flexibility index (Phi) is 4.25. The van der Waals surface area contributed by atoms with Crippen molar-refractivity contribution in [3.63, 3.8) is 0 Å². The second-order valence-electron chi connectivity index (χ2n) is 4.49. The summed E-state index contributed by atoms with van der Waals surface area (Å²) in [5.74, 6) is -0.892. The van der Waals surface area contributed by atoms with Crippen molar-refractivity contribution >= 4 is 23.2 Å². The van der Waals surface area contributed by atoms with Gasteiger partial charge in [-0.05, 0) is 48.4 Å². The highest BCUT2D eigenvalue weighted by Crippen LogP contribution is 2.20. The number of rotatable bonds is 4. The summed E-state index contributed by atoms with van der Waals surface area (Å²) in [6, 6.07) is 9.74. The van der Waals surface area contributed by atoms with Crippen LogP contribution in [0.1, 0.15) is 21.5 Å². The molecule has 2 aromatic rings. The summed E-state index contributed by atoms with van der Waals surface area (Å²) < 4.78 is 13.0. The van der Waals surface area contributed by atoms with Gasteiger partial charge in [-0.1, -0.05) is 17.7 Å². The van der Waals surface area contributed by atoms with Gasteiger partial charge < -0.3 is 11.1 Å². The third-order valence-electron chi connectivity index (χ3n) is 3.03. The number of amides is 1. The SMILES string of the molecule is Cc1cc(C(N)=O)ccc1CNc1ccc(F)c(Cl)c1. The van der Waals surface area contributed by atoms with Crippen LogP contribution in [0.2, 0.25) is 5.02 Å². The predicted octanol–water partition coefficient (Wildman–Crippen LogP) is 3.50. The molecule has 0 radical (unpaired) electrons. The van der Waals surface area contributed by atoms with Crippen LogP contribution in [0.3, 0.4) is 0 Å². The Balaban J connectivity index is 2.10. The Bertz CT molecular complexity index is 658. The lowest BCUT2D eigenvalue weighted by molar-refractivity contribution is 0.1000. The summed E-state index contributed by atoms with van der Waals surface area (Å²) in [5.41, 5.74) is 8.42. The van der Waals surface area contributed by atoms with Crippen LogP contribution in [0.15, 0.2) is 36.4 Å². The second-order valence-corrected chi connectivity index (χ2v) is 4.90. The fourth-order valence-electron chi connectivity index (χ4n) is 1.85. The summed E-state index contributed by atoms with van der Waals surface area (Å²) in [6.45, 7) is 2.45. The molecule has 0 saturated carbocycles. The average Bonchev–Trinajstić information content (AvgIpc) is 2.41. The maximum absolute atomic E-state index is 13.0. The van der Waals surface area contributed by atoms with Gasteiger partial charge in [-0.25, -0.2) is 4.39 Å². The van der Waals surface area contributed by atoms with Crippen molar-refractivity contribution in [2.45, 2.75) is 13.5 Å². The number of benzene rings is 2. The van der Waals surface area contributed by atoms with E-state index in [1.165, 1.54) is 12.1 Å². The number of hydrogen-bond acceptors (Lipinski definition) is 2. The monoisotopic (exact) mass is 292 g/mol. The van der Waals surface area contributed by atoms with Crippen molar-refractivity contribution < 1.29 is 9.18 Å². The van der Waals surface area contributed by atoms with Gasteiger partial charge in [0.05, 0.1) is 5.02 Å². The van der Waals surface area contributed by atoms with Crippen LogP contribution < -0.4 is 11.1 Å². The van der Waals surface area contributed by atoms with Crippen LogP contribution in [0.25, 0.3) is 0 Å². The van der Waals surface area contributed by atoms with E-state index in [-0.39, 0.29) is 5.02 Å². The number of aryl methyl sites for hydroxylation is 1. The lowest BCUT2D eigenvalue weighted by Crippen LogP contribution is -2.11. The molecule has 0 fully saturated rings. The molecule has 0 bridgehead atoms.